The number of aliphatic hydroxyl groups is 2. The van der Waals surface area contributed by atoms with Crippen LogP contribution in [0.1, 0.15) is 17.1 Å². The largest absolute Gasteiger partial charge is 0.398 e. The van der Waals surface area contributed by atoms with Crippen LogP contribution in [0.5, 0.6) is 0 Å². The van der Waals surface area contributed by atoms with E-state index in [9.17, 15) is 10.2 Å². The van der Waals surface area contributed by atoms with Gasteiger partial charge in [0.05, 0.1) is 6.61 Å². The molecule has 0 bridgehead atoms. The number of aliphatic hydroxyl groups excluding tert-OH is 2. The normalized spacial score (nSPS) is 12.4. The molecule has 5 heteroatoms. The highest BCUT2D eigenvalue weighted by molar-refractivity contribution is 7.99. The summed E-state index contributed by atoms with van der Waals surface area (Å²) in [6.45, 7) is -0.0305. The summed E-state index contributed by atoms with van der Waals surface area (Å²) in [5.74, 6) is 0. The second-order valence-corrected chi connectivity index (χ2v) is 5.52. The Labute approximate surface area is 122 Å². The van der Waals surface area contributed by atoms with Crippen LogP contribution in [0.15, 0.2) is 52.3 Å². The molecule has 2 aromatic carbocycles. The number of benzene rings is 2. The van der Waals surface area contributed by atoms with Crippen molar-refractivity contribution < 1.29 is 10.2 Å². The smallest absolute Gasteiger partial charge is 0.115 e. The third kappa shape index (κ3) is 3.54. The summed E-state index contributed by atoms with van der Waals surface area (Å²) in [6.07, 6.45) is 0. The molecule has 0 aliphatic heterocycles. The molecular formula is C14H12BClO2S. The summed E-state index contributed by atoms with van der Waals surface area (Å²) in [4.78, 5) is 1.74. The van der Waals surface area contributed by atoms with E-state index < -0.39 is 6.00 Å². The van der Waals surface area contributed by atoms with Crippen molar-refractivity contribution >= 4 is 31.2 Å². The molecule has 19 heavy (non-hydrogen) atoms. The fourth-order valence-corrected chi connectivity index (χ4v) is 2.96. The lowest BCUT2D eigenvalue weighted by Crippen LogP contribution is -1.98. The lowest BCUT2D eigenvalue weighted by molar-refractivity contribution is 0.259. The zero-order valence-electron chi connectivity index (χ0n) is 10.1. The molecule has 0 aliphatic carbocycles. The molecule has 2 rings (SSSR count). The van der Waals surface area contributed by atoms with Gasteiger partial charge in [-0.2, -0.15) is 0 Å². The molecule has 0 aliphatic rings. The Morgan fingerprint density at radius 2 is 1.89 bits per heavy atom. The molecule has 0 spiro atoms. The Balaban J connectivity index is 2.38. The maximum absolute atomic E-state index is 9.59. The maximum atomic E-state index is 9.59. The van der Waals surface area contributed by atoms with Gasteiger partial charge in [-0.05, 0) is 35.4 Å². The zero-order valence-corrected chi connectivity index (χ0v) is 11.7. The van der Waals surface area contributed by atoms with E-state index in [1.807, 2.05) is 30.3 Å². The van der Waals surface area contributed by atoms with Crippen molar-refractivity contribution in [2.75, 3.05) is 0 Å². The summed E-state index contributed by atoms with van der Waals surface area (Å²) < 4.78 is 0. The van der Waals surface area contributed by atoms with Crippen LogP contribution in [-0.4, -0.2) is 18.1 Å². The first-order valence-corrected chi connectivity index (χ1v) is 6.91. The predicted octanol–water partition coefficient (Wildman–Crippen LogP) is 3.14. The van der Waals surface area contributed by atoms with Crippen molar-refractivity contribution in [2.24, 2.45) is 0 Å². The zero-order chi connectivity index (χ0) is 13.8. The first-order chi connectivity index (χ1) is 9.11. The van der Waals surface area contributed by atoms with Gasteiger partial charge in [0.1, 0.15) is 7.85 Å². The fraction of sp³-hybridized carbons (Fsp3) is 0.143. The third-order valence-electron chi connectivity index (χ3n) is 2.65. The Hall–Kier alpha value is -0.935. The Morgan fingerprint density at radius 1 is 1.16 bits per heavy atom. The predicted molar refractivity (Wildman–Crippen MR) is 78.7 cm³/mol. The molecule has 0 amide bonds. The van der Waals surface area contributed by atoms with Gasteiger partial charge < -0.3 is 10.2 Å². The van der Waals surface area contributed by atoms with Gasteiger partial charge >= 0.3 is 0 Å². The topological polar surface area (TPSA) is 40.5 Å². The molecule has 0 saturated heterocycles. The van der Waals surface area contributed by atoms with Gasteiger partial charge in [-0.15, -0.1) is 0 Å². The van der Waals surface area contributed by atoms with Gasteiger partial charge in [0.15, 0.2) is 0 Å². The van der Waals surface area contributed by atoms with Crippen molar-refractivity contribution in [1.82, 2.24) is 0 Å². The lowest BCUT2D eigenvalue weighted by atomic mass is 9.92. The SMILES string of the molecule is [B]C(O)c1cc(Cl)ccc1Sc1ccccc1CO. The molecule has 2 nitrogen and oxygen atoms in total. The molecule has 0 saturated carbocycles. The quantitative estimate of drug-likeness (QED) is 0.850. The molecule has 0 aromatic heterocycles. The second-order valence-electron chi connectivity index (χ2n) is 3.99. The van der Waals surface area contributed by atoms with Gasteiger partial charge in [-0.25, -0.2) is 0 Å². The van der Waals surface area contributed by atoms with Gasteiger partial charge in [-0.3, -0.25) is 0 Å². The summed E-state index contributed by atoms with van der Waals surface area (Å²) in [5.41, 5.74) is 1.41. The van der Waals surface area contributed by atoms with Crippen LogP contribution in [-0.2, 0) is 6.61 Å². The average Bonchev–Trinajstić information content (AvgIpc) is 2.41. The number of hydrogen-bond donors (Lipinski definition) is 2. The minimum atomic E-state index is -1.08. The highest BCUT2D eigenvalue weighted by atomic mass is 35.5. The van der Waals surface area contributed by atoms with E-state index in [0.717, 1.165) is 15.4 Å². The van der Waals surface area contributed by atoms with Gasteiger partial charge in [0.25, 0.3) is 0 Å². The van der Waals surface area contributed by atoms with E-state index in [2.05, 4.69) is 0 Å². The summed E-state index contributed by atoms with van der Waals surface area (Å²) in [6, 6.07) is 11.7. The lowest BCUT2D eigenvalue weighted by Gasteiger charge is -2.14. The summed E-state index contributed by atoms with van der Waals surface area (Å²) in [5, 5.41) is 19.4. The molecule has 0 heterocycles. The number of hydrogen-bond acceptors (Lipinski definition) is 3. The standard InChI is InChI=1S/C14H12BClO2S/c15-14(18)11-7-10(16)5-6-13(11)19-12-4-2-1-3-9(12)8-17/h1-7,14,17-18H,8H2. The molecular weight excluding hydrogens is 278 g/mol. The molecule has 2 aromatic rings. The van der Waals surface area contributed by atoms with Crippen LogP contribution in [0.3, 0.4) is 0 Å². The molecule has 2 radical (unpaired) electrons. The Bertz CT molecular complexity index is 575. The third-order valence-corrected chi connectivity index (χ3v) is 4.10. The van der Waals surface area contributed by atoms with Gasteiger partial charge in [-0.1, -0.05) is 41.6 Å². The molecule has 2 N–H and O–H groups in total. The monoisotopic (exact) mass is 290 g/mol. The van der Waals surface area contributed by atoms with Crippen molar-refractivity contribution in [3.63, 3.8) is 0 Å². The van der Waals surface area contributed by atoms with Crippen molar-refractivity contribution in [1.29, 1.82) is 0 Å². The van der Waals surface area contributed by atoms with Gasteiger partial charge in [0, 0.05) is 20.8 Å². The van der Waals surface area contributed by atoms with Crippen molar-refractivity contribution in [2.45, 2.75) is 22.4 Å². The molecule has 96 valence electrons. The van der Waals surface area contributed by atoms with E-state index in [1.54, 1.807) is 12.1 Å². The Kier molecular flexibility index (Phi) is 4.94. The minimum absolute atomic E-state index is 0.0305. The van der Waals surface area contributed by atoms with Crippen LogP contribution >= 0.6 is 23.4 Å². The van der Waals surface area contributed by atoms with Crippen molar-refractivity contribution in [3.8, 4) is 0 Å². The highest BCUT2D eigenvalue weighted by Gasteiger charge is 2.11. The van der Waals surface area contributed by atoms with E-state index in [4.69, 9.17) is 19.4 Å². The first-order valence-electron chi connectivity index (χ1n) is 5.71. The van der Waals surface area contributed by atoms with Crippen LogP contribution in [0.25, 0.3) is 0 Å². The minimum Gasteiger partial charge on any atom is -0.398 e. The van der Waals surface area contributed by atoms with Crippen LogP contribution in [0, 0.1) is 0 Å². The van der Waals surface area contributed by atoms with E-state index >= 15 is 0 Å². The number of rotatable bonds is 4. The van der Waals surface area contributed by atoms with E-state index in [1.165, 1.54) is 11.8 Å². The fourth-order valence-electron chi connectivity index (χ4n) is 1.70. The van der Waals surface area contributed by atoms with Crippen LogP contribution in [0.4, 0.5) is 0 Å². The van der Waals surface area contributed by atoms with Crippen LogP contribution in [0.2, 0.25) is 5.02 Å². The summed E-state index contributed by atoms with van der Waals surface area (Å²) in [7, 11) is 5.54. The molecule has 1 unspecified atom stereocenters. The van der Waals surface area contributed by atoms with Gasteiger partial charge in [0.2, 0.25) is 0 Å². The van der Waals surface area contributed by atoms with E-state index in [0.29, 0.717) is 10.6 Å². The highest BCUT2D eigenvalue weighted by Crippen LogP contribution is 2.35. The molecule has 1 atom stereocenters. The maximum Gasteiger partial charge on any atom is 0.115 e. The van der Waals surface area contributed by atoms with Crippen LogP contribution < -0.4 is 0 Å². The summed E-state index contributed by atoms with van der Waals surface area (Å²) >= 11 is 7.35. The molecule has 0 fully saturated rings. The number of halogens is 1. The van der Waals surface area contributed by atoms with Crippen molar-refractivity contribution in [3.05, 3.63) is 58.6 Å². The van der Waals surface area contributed by atoms with E-state index in [-0.39, 0.29) is 6.61 Å². The average molecular weight is 291 g/mol. The second kappa shape index (κ2) is 6.48. The Morgan fingerprint density at radius 3 is 2.58 bits per heavy atom. The first kappa shape index (κ1) is 14.5.